The van der Waals surface area contributed by atoms with Crippen molar-refractivity contribution < 1.29 is 23.2 Å². The molecule has 0 aromatic heterocycles. The number of amides is 3. The Morgan fingerprint density at radius 2 is 1.67 bits per heavy atom. The Bertz CT molecular complexity index is 920. The number of carbonyl (C=O) groups excluding carboxylic acids is 3. The van der Waals surface area contributed by atoms with Gasteiger partial charge in [0.1, 0.15) is 6.04 Å². The van der Waals surface area contributed by atoms with Gasteiger partial charge in [-0.15, -0.1) is 0 Å². The van der Waals surface area contributed by atoms with E-state index in [4.69, 9.17) is 11.6 Å². The topological polar surface area (TPSA) is 87.3 Å². The minimum atomic E-state index is -1.10. The first-order chi connectivity index (χ1) is 14.2. The summed E-state index contributed by atoms with van der Waals surface area (Å²) in [5, 5.41) is 7.94. The van der Waals surface area contributed by atoms with Crippen LogP contribution in [0.1, 0.15) is 30.6 Å². The molecule has 2 rings (SSSR count). The van der Waals surface area contributed by atoms with Gasteiger partial charge in [-0.25, -0.2) is 8.78 Å². The zero-order valence-electron chi connectivity index (χ0n) is 16.5. The minimum Gasteiger partial charge on any atom is -0.345 e. The van der Waals surface area contributed by atoms with Crippen LogP contribution < -0.4 is 16.0 Å². The Labute approximate surface area is 178 Å². The van der Waals surface area contributed by atoms with Gasteiger partial charge in [-0.05, 0) is 48.7 Å². The quantitative estimate of drug-likeness (QED) is 0.590. The lowest BCUT2D eigenvalue weighted by atomic mass is 10.0. The second kappa shape index (κ2) is 10.7. The lowest BCUT2D eigenvalue weighted by Crippen LogP contribution is -2.49. The molecule has 0 fully saturated rings. The van der Waals surface area contributed by atoms with Crippen LogP contribution in [-0.4, -0.2) is 30.3 Å². The van der Waals surface area contributed by atoms with Crippen molar-refractivity contribution in [2.24, 2.45) is 5.92 Å². The molecule has 1 atom stereocenters. The predicted octanol–water partition coefficient (Wildman–Crippen LogP) is 3.52. The van der Waals surface area contributed by atoms with E-state index in [2.05, 4.69) is 16.0 Å². The van der Waals surface area contributed by atoms with Gasteiger partial charge in [-0.2, -0.15) is 0 Å². The highest BCUT2D eigenvalue weighted by molar-refractivity contribution is 6.30. The summed E-state index contributed by atoms with van der Waals surface area (Å²) in [6.07, 6.45) is 0.357. The zero-order chi connectivity index (χ0) is 22.3. The largest absolute Gasteiger partial charge is 0.345 e. The molecule has 9 heteroatoms. The van der Waals surface area contributed by atoms with Crippen molar-refractivity contribution in [3.8, 4) is 0 Å². The normalized spacial score (nSPS) is 11.7. The van der Waals surface area contributed by atoms with Crippen molar-refractivity contribution in [2.45, 2.75) is 26.3 Å². The number of anilines is 1. The molecule has 0 saturated carbocycles. The third kappa shape index (κ3) is 7.11. The smallest absolute Gasteiger partial charge is 0.251 e. The molecule has 30 heavy (non-hydrogen) atoms. The number of halogens is 3. The van der Waals surface area contributed by atoms with E-state index in [-0.39, 0.29) is 11.6 Å². The maximum absolute atomic E-state index is 13.2. The van der Waals surface area contributed by atoms with Crippen LogP contribution in [-0.2, 0) is 9.59 Å². The highest BCUT2D eigenvalue weighted by atomic mass is 35.5. The number of rotatable bonds is 8. The molecule has 0 bridgehead atoms. The van der Waals surface area contributed by atoms with Crippen molar-refractivity contribution in [3.05, 3.63) is 64.7 Å². The molecule has 0 aliphatic heterocycles. The van der Waals surface area contributed by atoms with Crippen LogP contribution in [0.5, 0.6) is 0 Å². The van der Waals surface area contributed by atoms with E-state index in [0.717, 1.165) is 12.1 Å². The van der Waals surface area contributed by atoms with Crippen LogP contribution in [0, 0.1) is 17.6 Å². The van der Waals surface area contributed by atoms with E-state index < -0.39 is 41.9 Å². The first-order valence-electron chi connectivity index (χ1n) is 9.24. The molecule has 3 N–H and O–H groups in total. The summed E-state index contributed by atoms with van der Waals surface area (Å²) < 4.78 is 26.2. The number of hydrogen-bond acceptors (Lipinski definition) is 3. The van der Waals surface area contributed by atoms with Gasteiger partial charge in [0.25, 0.3) is 5.91 Å². The number of nitrogens with one attached hydrogen (secondary N) is 3. The Morgan fingerprint density at radius 1 is 1.00 bits per heavy atom. The third-order valence-corrected chi connectivity index (χ3v) is 4.31. The highest BCUT2D eigenvalue weighted by Crippen LogP contribution is 2.13. The molecule has 6 nitrogen and oxygen atoms in total. The van der Waals surface area contributed by atoms with Crippen LogP contribution in [0.2, 0.25) is 5.02 Å². The van der Waals surface area contributed by atoms with E-state index in [1.54, 1.807) is 12.1 Å². The Hall–Kier alpha value is -3.00. The summed E-state index contributed by atoms with van der Waals surface area (Å²) in [5.41, 5.74) is 0.403. The van der Waals surface area contributed by atoms with Crippen molar-refractivity contribution in [3.63, 3.8) is 0 Å². The molecule has 0 saturated heterocycles. The maximum atomic E-state index is 13.2. The Morgan fingerprint density at radius 3 is 2.27 bits per heavy atom. The van der Waals surface area contributed by atoms with Gasteiger partial charge in [0.2, 0.25) is 11.8 Å². The van der Waals surface area contributed by atoms with Gasteiger partial charge in [0.05, 0.1) is 6.54 Å². The first-order valence-corrected chi connectivity index (χ1v) is 9.62. The van der Waals surface area contributed by atoms with E-state index in [1.807, 2.05) is 13.8 Å². The number of carbonyl (C=O) groups is 3. The van der Waals surface area contributed by atoms with E-state index in [1.165, 1.54) is 18.2 Å². The van der Waals surface area contributed by atoms with E-state index in [0.29, 0.717) is 17.0 Å². The van der Waals surface area contributed by atoms with Crippen molar-refractivity contribution >= 4 is 35.0 Å². The molecule has 2 aromatic carbocycles. The molecule has 0 radical (unpaired) electrons. The highest BCUT2D eigenvalue weighted by Gasteiger charge is 2.23. The molecule has 0 aliphatic rings. The molecule has 0 spiro atoms. The fourth-order valence-electron chi connectivity index (χ4n) is 2.62. The average Bonchev–Trinajstić information content (AvgIpc) is 2.68. The second-order valence-electron chi connectivity index (χ2n) is 7.06. The van der Waals surface area contributed by atoms with Crippen molar-refractivity contribution in [2.75, 3.05) is 11.9 Å². The Balaban J connectivity index is 1.95. The summed E-state index contributed by atoms with van der Waals surface area (Å²) in [5.74, 6) is -3.64. The van der Waals surface area contributed by atoms with E-state index >= 15 is 0 Å². The SMILES string of the molecule is CC(C)CC(NC(=O)c1ccc(Cl)cc1)C(=O)NCC(=O)Nc1ccc(F)c(F)c1. The van der Waals surface area contributed by atoms with Gasteiger partial charge < -0.3 is 16.0 Å². The third-order valence-electron chi connectivity index (χ3n) is 4.06. The van der Waals surface area contributed by atoms with Crippen LogP contribution in [0.15, 0.2) is 42.5 Å². The zero-order valence-corrected chi connectivity index (χ0v) is 17.2. The fourth-order valence-corrected chi connectivity index (χ4v) is 2.74. The lowest BCUT2D eigenvalue weighted by Gasteiger charge is -2.20. The monoisotopic (exact) mass is 437 g/mol. The fraction of sp³-hybridized carbons (Fsp3) is 0.286. The van der Waals surface area contributed by atoms with Gasteiger partial charge >= 0.3 is 0 Å². The van der Waals surface area contributed by atoms with Gasteiger partial charge in [0, 0.05) is 22.3 Å². The lowest BCUT2D eigenvalue weighted by molar-refractivity contribution is -0.125. The summed E-state index contributed by atoms with van der Waals surface area (Å²) in [7, 11) is 0. The molecule has 160 valence electrons. The molecular formula is C21H22ClF2N3O3. The van der Waals surface area contributed by atoms with Crippen molar-refractivity contribution in [1.29, 1.82) is 0 Å². The Kier molecular flexibility index (Phi) is 8.29. The molecule has 0 aliphatic carbocycles. The average molecular weight is 438 g/mol. The van der Waals surface area contributed by atoms with Crippen LogP contribution in [0.25, 0.3) is 0 Å². The summed E-state index contributed by atoms with van der Waals surface area (Å²) >= 11 is 5.81. The number of benzene rings is 2. The number of hydrogen-bond donors (Lipinski definition) is 3. The minimum absolute atomic E-state index is 0.0583. The molecule has 1 unspecified atom stereocenters. The molecule has 0 heterocycles. The maximum Gasteiger partial charge on any atom is 0.251 e. The summed E-state index contributed by atoms with van der Waals surface area (Å²) in [6, 6.07) is 8.27. The second-order valence-corrected chi connectivity index (χ2v) is 7.49. The van der Waals surface area contributed by atoms with Crippen molar-refractivity contribution in [1.82, 2.24) is 10.6 Å². The standard InChI is InChI=1S/C21H22ClF2N3O3/c1-12(2)9-18(27-20(29)13-3-5-14(22)6-4-13)21(30)25-11-19(28)26-15-7-8-16(23)17(24)10-15/h3-8,10,12,18H,9,11H2,1-2H3,(H,25,30)(H,26,28)(H,27,29). The van der Waals surface area contributed by atoms with Crippen LogP contribution in [0.4, 0.5) is 14.5 Å². The van der Waals surface area contributed by atoms with Gasteiger partial charge in [-0.1, -0.05) is 25.4 Å². The van der Waals surface area contributed by atoms with E-state index in [9.17, 15) is 23.2 Å². The molecule has 2 aromatic rings. The van der Waals surface area contributed by atoms with Crippen LogP contribution >= 0.6 is 11.6 Å². The van der Waals surface area contributed by atoms with Crippen LogP contribution in [0.3, 0.4) is 0 Å². The summed E-state index contributed by atoms with van der Waals surface area (Å²) in [6.45, 7) is 3.39. The van der Waals surface area contributed by atoms with Gasteiger partial charge in [0.15, 0.2) is 11.6 Å². The van der Waals surface area contributed by atoms with Gasteiger partial charge in [-0.3, -0.25) is 14.4 Å². The molecule has 3 amide bonds. The summed E-state index contributed by atoms with van der Waals surface area (Å²) in [4.78, 5) is 36.9. The molecular weight excluding hydrogens is 416 g/mol. The first kappa shape index (κ1) is 23.3. The predicted molar refractivity (Wildman–Crippen MR) is 110 cm³/mol.